The summed E-state index contributed by atoms with van der Waals surface area (Å²) in [6, 6.07) is 6.62. The Morgan fingerprint density at radius 2 is 2.04 bits per heavy atom. The molecule has 2 aromatic rings. The molecule has 0 radical (unpaired) electrons. The molecule has 1 aliphatic heterocycles. The third kappa shape index (κ3) is 3.32. The van der Waals surface area contributed by atoms with Crippen LogP contribution in [0.1, 0.15) is 29.5 Å². The SMILES string of the molecule is CC(=O)c1ccc(NC(=O)C[C@@H]2Cn3nc(C)nc3NC2=O)cc1. The number of aromatic nitrogens is 3. The van der Waals surface area contributed by atoms with Gasteiger partial charge >= 0.3 is 0 Å². The van der Waals surface area contributed by atoms with E-state index >= 15 is 0 Å². The number of fused-ring (bicyclic) bond motifs is 1. The van der Waals surface area contributed by atoms with Crippen molar-refractivity contribution in [1.82, 2.24) is 14.8 Å². The quantitative estimate of drug-likeness (QED) is 0.825. The molecule has 1 aromatic carbocycles. The van der Waals surface area contributed by atoms with Crippen molar-refractivity contribution in [2.75, 3.05) is 10.6 Å². The predicted molar refractivity (Wildman–Crippen MR) is 86.6 cm³/mol. The summed E-state index contributed by atoms with van der Waals surface area (Å²) in [6.07, 6.45) is 0.0403. The number of amides is 2. The van der Waals surface area contributed by atoms with Crippen molar-refractivity contribution in [2.45, 2.75) is 26.8 Å². The van der Waals surface area contributed by atoms with Crippen LogP contribution in [0.4, 0.5) is 11.6 Å². The van der Waals surface area contributed by atoms with Gasteiger partial charge in [-0.3, -0.25) is 19.7 Å². The Balaban J connectivity index is 1.62. The van der Waals surface area contributed by atoms with E-state index in [1.807, 2.05) is 0 Å². The summed E-state index contributed by atoms with van der Waals surface area (Å²) in [7, 11) is 0. The van der Waals surface area contributed by atoms with Crippen LogP contribution in [0.3, 0.4) is 0 Å². The van der Waals surface area contributed by atoms with E-state index in [9.17, 15) is 14.4 Å². The molecule has 0 fully saturated rings. The number of Topliss-reactive ketones (excluding diaryl/α,β-unsaturated/α-hetero) is 1. The van der Waals surface area contributed by atoms with Crippen molar-refractivity contribution in [1.29, 1.82) is 0 Å². The van der Waals surface area contributed by atoms with E-state index in [0.717, 1.165) is 0 Å². The number of hydrogen-bond donors (Lipinski definition) is 2. The van der Waals surface area contributed by atoms with Gasteiger partial charge in [-0.05, 0) is 38.1 Å². The highest BCUT2D eigenvalue weighted by Gasteiger charge is 2.29. The first-order valence-corrected chi connectivity index (χ1v) is 7.55. The molecule has 2 N–H and O–H groups in total. The van der Waals surface area contributed by atoms with E-state index in [1.54, 1.807) is 35.9 Å². The monoisotopic (exact) mass is 327 g/mol. The van der Waals surface area contributed by atoms with Crippen molar-refractivity contribution < 1.29 is 14.4 Å². The first kappa shape index (κ1) is 15.9. The van der Waals surface area contributed by atoms with E-state index in [2.05, 4.69) is 20.7 Å². The predicted octanol–water partition coefficient (Wildman–Crippen LogP) is 1.39. The Morgan fingerprint density at radius 3 is 2.71 bits per heavy atom. The molecule has 8 heteroatoms. The van der Waals surface area contributed by atoms with Crippen LogP contribution >= 0.6 is 0 Å². The smallest absolute Gasteiger partial charge is 0.232 e. The third-order valence-corrected chi connectivity index (χ3v) is 3.78. The average molecular weight is 327 g/mol. The number of ketones is 1. The topological polar surface area (TPSA) is 106 Å². The van der Waals surface area contributed by atoms with Crippen molar-refractivity contribution in [3.63, 3.8) is 0 Å². The molecule has 3 rings (SSSR count). The van der Waals surface area contributed by atoms with Gasteiger partial charge in [0.05, 0.1) is 12.5 Å². The van der Waals surface area contributed by atoms with E-state index in [-0.39, 0.29) is 24.0 Å². The van der Waals surface area contributed by atoms with Crippen LogP contribution in [-0.4, -0.2) is 32.4 Å². The minimum absolute atomic E-state index is 0.0364. The molecule has 0 saturated carbocycles. The Labute approximate surface area is 138 Å². The molecule has 1 atom stereocenters. The number of nitrogens with zero attached hydrogens (tertiary/aromatic N) is 3. The Hall–Kier alpha value is -3.03. The number of nitrogens with one attached hydrogen (secondary N) is 2. The Bertz CT molecular complexity index is 810. The molecule has 124 valence electrons. The molecule has 24 heavy (non-hydrogen) atoms. The molecule has 1 aliphatic rings. The number of benzene rings is 1. The Kier molecular flexibility index (Phi) is 4.11. The molecular formula is C16H17N5O3. The van der Waals surface area contributed by atoms with Gasteiger partial charge in [-0.25, -0.2) is 4.68 Å². The van der Waals surface area contributed by atoms with Gasteiger partial charge in [-0.1, -0.05) is 0 Å². The van der Waals surface area contributed by atoms with E-state index in [4.69, 9.17) is 0 Å². The maximum Gasteiger partial charge on any atom is 0.232 e. The summed E-state index contributed by atoms with van der Waals surface area (Å²) in [4.78, 5) is 39.6. The van der Waals surface area contributed by atoms with Crippen LogP contribution in [0.25, 0.3) is 0 Å². The van der Waals surface area contributed by atoms with Crippen LogP contribution in [-0.2, 0) is 16.1 Å². The lowest BCUT2D eigenvalue weighted by molar-refractivity contribution is -0.125. The Morgan fingerprint density at radius 1 is 1.33 bits per heavy atom. The highest BCUT2D eigenvalue weighted by Crippen LogP contribution is 2.20. The fraction of sp³-hybridized carbons (Fsp3) is 0.312. The van der Waals surface area contributed by atoms with Crippen molar-refractivity contribution >= 4 is 29.2 Å². The largest absolute Gasteiger partial charge is 0.326 e. The van der Waals surface area contributed by atoms with E-state index in [1.165, 1.54) is 6.92 Å². The lowest BCUT2D eigenvalue weighted by atomic mass is 10.0. The molecule has 2 amide bonds. The van der Waals surface area contributed by atoms with Gasteiger partial charge in [-0.15, -0.1) is 0 Å². The van der Waals surface area contributed by atoms with Gasteiger partial charge in [0.25, 0.3) is 0 Å². The summed E-state index contributed by atoms with van der Waals surface area (Å²) in [5.74, 6) is -0.0706. The molecular weight excluding hydrogens is 310 g/mol. The second kappa shape index (κ2) is 6.23. The summed E-state index contributed by atoms with van der Waals surface area (Å²) < 4.78 is 1.59. The van der Waals surface area contributed by atoms with Crippen LogP contribution in [0.2, 0.25) is 0 Å². The van der Waals surface area contributed by atoms with Crippen molar-refractivity contribution in [2.24, 2.45) is 5.92 Å². The summed E-state index contributed by atoms with van der Waals surface area (Å²) in [5.41, 5.74) is 1.16. The summed E-state index contributed by atoms with van der Waals surface area (Å²) in [5, 5.41) is 9.56. The van der Waals surface area contributed by atoms with Gasteiger partial charge in [0.15, 0.2) is 5.78 Å². The normalized spacial score (nSPS) is 16.2. The van der Waals surface area contributed by atoms with Gasteiger partial charge in [0, 0.05) is 17.7 Å². The minimum Gasteiger partial charge on any atom is -0.326 e. The first-order chi connectivity index (χ1) is 11.4. The second-order valence-electron chi connectivity index (χ2n) is 5.74. The number of hydrogen-bond acceptors (Lipinski definition) is 5. The van der Waals surface area contributed by atoms with Crippen molar-refractivity contribution in [3.05, 3.63) is 35.7 Å². The maximum absolute atomic E-state index is 12.2. The molecule has 0 bridgehead atoms. The number of carbonyl (C=O) groups is 3. The number of rotatable bonds is 4. The molecule has 1 aromatic heterocycles. The lowest BCUT2D eigenvalue weighted by Gasteiger charge is -2.21. The molecule has 0 unspecified atom stereocenters. The average Bonchev–Trinajstić information content (AvgIpc) is 2.87. The molecule has 2 heterocycles. The molecule has 0 spiro atoms. The standard InChI is InChI=1S/C16H17N5O3/c1-9(22)11-3-5-13(6-4-11)18-14(23)7-12-8-21-16(19-15(12)24)17-10(2)20-21/h3-6,12H,7-8H2,1-2H3,(H,18,23)(H,17,19,20,24)/t12-/m1/s1. The highest BCUT2D eigenvalue weighted by atomic mass is 16.2. The van der Waals surface area contributed by atoms with Crippen LogP contribution in [0, 0.1) is 12.8 Å². The van der Waals surface area contributed by atoms with Crippen LogP contribution in [0.5, 0.6) is 0 Å². The maximum atomic E-state index is 12.2. The second-order valence-corrected chi connectivity index (χ2v) is 5.74. The van der Waals surface area contributed by atoms with E-state index in [0.29, 0.717) is 29.6 Å². The highest BCUT2D eigenvalue weighted by molar-refractivity contribution is 5.99. The fourth-order valence-corrected chi connectivity index (χ4v) is 2.56. The zero-order chi connectivity index (χ0) is 17.3. The van der Waals surface area contributed by atoms with Gasteiger partial charge in [0.1, 0.15) is 5.82 Å². The number of carbonyl (C=O) groups excluding carboxylic acids is 3. The van der Waals surface area contributed by atoms with Crippen LogP contribution < -0.4 is 10.6 Å². The molecule has 0 saturated heterocycles. The third-order valence-electron chi connectivity index (χ3n) is 3.78. The molecule has 8 nitrogen and oxygen atoms in total. The number of aryl methyl sites for hydroxylation is 1. The first-order valence-electron chi connectivity index (χ1n) is 7.55. The fourth-order valence-electron chi connectivity index (χ4n) is 2.56. The lowest BCUT2D eigenvalue weighted by Crippen LogP contribution is -2.36. The van der Waals surface area contributed by atoms with Gasteiger partial charge < -0.3 is 5.32 Å². The summed E-state index contributed by atoms with van der Waals surface area (Å²) in [6.45, 7) is 3.54. The minimum atomic E-state index is -0.505. The van der Waals surface area contributed by atoms with Gasteiger partial charge in [0.2, 0.25) is 17.8 Å². The zero-order valence-electron chi connectivity index (χ0n) is 13.4. The summed E-state index contributed by atoms with van der Waals surface area (Å²) >= 11 is 0. The van der Waals surface area contributed by atoms with Crippen molar-refractivity contribution in [3.8, 4) is 0 Å². The number of anilines is 2. The zero-order valence-corrected chi connectivity index (χ0v) is 13.4. The van der Waals surface area contributed by atoms with E-state index < -0.39 is 5.92 Å². The molecule has 0 aliphatic carbocycles. The van der Waals surface area contributed by atoms with Crippen LogP contribution in [0.15, 0.2) is 24.3 Å². The van der Waals surface area contributed by atoms with Gasteiger partial charge in [-0.2, -0.15) is 10.1 Å².